The van der Waals surface area contributed by atoms with E-state index in [-0.39, 0.29) is 40.6 Å². The van der Waals surface area contributed by atoms with Gasteiger partial charge in [-0.05, 0) is 66.1 Å². The molecule has 4 N–H and O–H groups in total. The van der Waals surface area contributed by atoms with Crippen LogP contribution < -0.4 is 26.0 Å². The maximum atomic E-state index is 14.0. The molecule has 3 aromatic carbocycles. The van der Waals surface area contributed by atoms with E-state index in [2.05, 4.69) is 20.6 Å². The van der Waals surface area contributed by atoms with E-state index in [9.17, 15) is 22.8 Å². The summed E-state index contributed by atoms with van der Waals surface area (Å²) in [4.78, 5) is 34.1. The molecule has 5 rings (SSSR count). The van der Waals surface area contributed by atoms with Crippen LogP contribution in [0.5, 0.6) is 11.6 Å². The third kappa shape index (κ3) is 6.55. The van der Waals surface area contributed by atoms with Gasteiger partial charge in [0.25, 0.3) is 5.91 Å². The first-order valence-electron chi connectivity index (χ1n) is 12.9. The van der Waals surface area contributed by atoms with Crippen LogP contribution in [0.2, 0.25) is 0 Å². The van der Waals surface area contributed by atoms with E-state index >= 15 is 0 Å². The minimum Gasteiger partial charge on any atom is -0.439 e. The van der Waals surface area contributed by atoms with Crippen molar-refractivity contribution in [2.45, 2.75) is 32.0 Å². The molecule has 1 saturated heterocycles. The van der Waals surface area contributed by atoms with Crippen molar-refractivity contribution >= 4 is 39.8 Å². The quantitative estimate of drug-likeness (QED) is 0.280. The Balaban J connectivity index is 1.37. The first kappa shape index (κ1) is 27.8. The van der Waals surface area contributed by atoms with E-state index in [0.29, 0.717) is 36.0 Å². The zero-order chi connectivity index (χ0) is 29.1. The van der Waals surface area contributed by atoms with Gasteiger partial charge in [0.2, 0.25) is 11.8 Å². The molecular formula is C29H27F3N6O3. The van der Waals surface area contributed by atoms with Crippen molar-refractivity contribution in [1.29, 1.82) is 0 Å². The van der Waals surface area contributed by atoms with Crippen molar-refractivity contribution in [1.82, 2.24) is 9.97 Å². The highest BCUT2D eigenvalue weighted by Gasteiger charge is 2.36. The average molecular weight is 565 g/mol. The second kappa shape index (κ2) is 11.4. The second-order valence-corrected chi connectivity index (χ2v) is 9.75. The molecule has 212 valence electrons. The van der Waals surface area contributed by atoms with Gasteiger partial charge in [-0.25, -0.2) is 9.97 Å². The maximum absolute atomic E-state index is 14.0. The topological polar surface area (TPSA) is 122 Å². The van der Waals surface area contributed by atoms with Crippen LogP contribution in [-0.2, 0) is 11.0 Å². The number of amides is 2. The number of nitrogens with two attached hydrogens (primary N) is 1. The van der Waals surface area contributed by atoms with Gasteiger partial charge in [-0.1, -0.05) is 12.1 Å². The van der Waals surface area contributed by atoms with E-state index in [0.717, 1.165) is 12.5 Å². The normalized spacial score (nSPS) is 15.4. The summed E-state index contributed by atoms with van der Waals surface area (Å²) in [5, 5.41) is 6.41. The number of hydrogen-bond donors (Lipinski definition) is 3. The van der Waals surface area contributed by atoms with Crippen LogP contribution in [0, 0.1) is 0 Å². The Morgan fingerprint density at radius 2 is 1.88 bits per heavy atom. The zero-order valence-electron chi connectivity index (χ0n) is 22.0. The lowest BCUT2D eigenvalue weighted by Gasteiger charge is -2.34. The first-order chi connectivity index (χ1) is 19.6. The molecule has 4 aromatic rings. The van der Waals surface area contributed by atoms with Crippen LogP contribution in [0.4, 0.5) is 30.4 Å². The van der Waals surface area contributed by atoms with Crippen molar-refractivity contribution in [3.63, 3.8) is 0 Å². The standard InChI is InChI=1S/C29H27F3N6O3/c1-17(39)36-26-14-27(35-16-34-26)41-21-8-9-22-18(12-21)4-2-6-23(22)28(40)37-20-7-10-25(24(13-20)29(30,31)32)38-11-3-5-19(33)15-38/h2,4,6-10,12-14,16,19H,3,5,11,15,33H2,1H3,(H,37,40)(H,34,35,36,39). The summed E-state index contributed by atoms with van der Waals surface area (Å²) >= 11 is 0. The monoisotopic (exact) mass is 564 g/mol. The number of nitrogens with zero attached hydrogens (tertiary/aromatic N) is 3. The highest BCUT2D eigenvalue weighted by atomic mass is 19.4. The van der Waals surface area contributed by atoms with Gasteiger partial charge in [-0.15, -0.1) is 0 Å². The minimum atomic E-state index is -4.61. The number of benzene rings is 3. The molecule has 9 nitrogen and oxygen atoms in total. The summed E-state index contributed by atoms with van der Waals surface area (Å²) in [7, 11) is 0. The number of rotatable bonds is 6. The number of fused-ring (bicyclic) bond motifs is 1. The predicted octanol–water partition coefficient (Wildman–Crippen LogP) is 5.58. The molecule has 2 amide bonds. The predicted molar refractivity (Wildman–Crippen MR) is 149 cm³/mol. The van der Waals surface area contributed by atoms with Gasteiger partial charge in [-0.3, -0.25) is 9.59 Å². The van der Waals surface area contributed by atoms with Gasteiger partial charge in [0.1, 0.15) is 17.9 Å². The molecular weight excluding hydrogens is 537 g/mol. The molecule has 1 fully saturated rings. The number of carbonyl (C=O) groups is 2. The number of hydrogen-bond acceptors (Lipinski definition) is 7. The summed E-state index contributed by atoms with van der Waals surface area (Å²) in [6.07, 6.45) is -1.88. The van der Waals surface area contributed by atoms with Crippen LogP contribution in [0.3, 0.4) is 0 Å². The van der Waals surface area contributed by atoms with E-state index < -0.39 is 17.6 Å². The number of halogens is 3. The molecule has 1 unspecified atom stereocenters. The Hall–Kier alpha value is -4.71. The molecule has 0 spiro atoms. The number of aromatic nitrogens is 2. The smallest absolute Gasteiger partial charge is 0.418 e. The van der Waals surface area contributed by atoms with Crippen LogP contribution in [0.15, 0.2) is 67.0 Å². The molecule has 0 bridgehead atoms. The van der Waals surface area contributed by atoms with Crippen molar-refractivity contribution in [3.05, 3.63) is 78.1 Å². The highest BCUT2D eigenvalue weighted by Crippen LogP contribution is 2.39. The van der Waals surface area contributed by atoms with Gasteiger partial charge in [0, 0.05) is 49.1 Å². The Bertz CT molecular complexity index is 1610. The lowest BCUT2D eigenvalue weighted by molar-refractivity contribution is -0.137. The summed E-state index contributed by atoms with van der Waals surface area (Å²) in [5.41, 5.74) is 5.53. The zero-order valence-corrected chi connectivity index (χ0v) is 22.0. The Morgan fingerprint density at radius 3 is 2.63 bits per heavy atom. The van der Waals surface area contributed by atoms with Crippen molar-refractivity contribution < 1.29 is 27.5 Å². The van der Waals surface area contributed by atoms with Crippen LogP contribution in [0.1, 0.15) is 35.7 Å². The summed E-state index contributed by atoms with van der Waals surface area (Å²) in [6.45, 7) is 2.18. The van der Waals surface area contributed by atoms with Gasteiger partial charge in [0.15, 0.2) is 0 Å². The minimum absolute atomic E-state index is 0.0306. The SMILES string of the molecule is CC(=O)Nc1cc(Oc2ccc3c(C(=O)Nc4ccc(N5CCCC(N)C5)c(C(F)(F)F)c4)cccc3c2)ncn1. The Kier molecular flexibility index (Phi) is 7.75. The van der Waals surface area contributed by atoms with Crippen LogP contribution in [-0.4, -0.2) is 40.9 Å². The largest absolute Gasteiger partial charge is 0.439 e. The fourth-order valence-corrected chi connectivity index (χ4v) is 4.83. The molecule has 1 aromatic heterocycles. The molecule has 0 aliphatic carbocycles. The van der Waals surface area contributed by atoms with Gasteiger partial charge < -0.3 is 26.0 Å². The lowest BCUT2D eigenvalue weighted by Crippen LogP contribution is -2.43. The lowest BCUT2D eigenvalue weighted by atomic mass is 10.0. The van der Waals surface area contributed by atoms with Crippen LogP contribution in [0.25, 0.3) is 10.8 Å². The molecule has 0 radical (unpaired) electrons. The third-order valence-corrected chi connectivity index (χ3v) is 6.62. The van der Waals surface area contributed by atoms with E-state index in [1.807, 2.05) is 0 Å². The third-order valence-electron chi connectivity index (χ3n) is 6.62. The van der Waals surface area contributed by atoms with Crippen molar-refractivity contribution in [2.24, 2.45) is 5.73 Å². The number of carbonyl (C=O) groups excluding carboxylic acids is 2. The summed E-state index contributed by atoms with van der Waals surface area (Å²) < 4.78 is 47.8. The number of piperidine rings is 1. The summed E-state index contributed by atoms with van der Waals surface area (Å²) in [5.74, 6) is 0.0608. The second-order valence-electron chi connectivity index (χ2n) is 9.75. The fraction of sp³-hybridized carbons (Fsp3) is 0.241. The molecule has 41 heavy (non-hydrogen) atoms. The number of anilines is 3. The van der Waals surface area contributed by atoms with Gasteiger partial charge in [0.05, 0.1) is 5.56 Å². The average Bonchev–Trinajstić information content (AvgIpc) is 2.92. The van der Waals surface area contributed by atoms with Crippen molar-refractivity contribution in [3.8, 4) is 11.6 Å². The molecule has 0 saturated carbocycles. The van der Waals surface area contributed by atoms with Crippen LogP contribution >= 0.6 is 0 Å². The Labute approximate surface area is 233 Å². The summed E-state index contributed by atoms with van der Waals surface area (Å²) in [6, 6.07) is 15.2. The molecule has 1 aliphatic rings. The molecule has 1 atom stereocenters. The van der Waals surface area contributed by atoms with Crippen molar-refractivity contribution in [2.75, 3.05) is 28.6 Å². The first-order valence-corrected chi connectivity index (χ1v) is 12.9. The van der Waals surface area contributed by atoms with E-state index in [4.69, 9.17) is 10.5 Å². The molecule has 12 heteroatoms. The number of nitrogens with one attached hydrogen (secondary N) is 2. The fourth-order valence-electron chi connectivity index (χ4n) is 4.83. The van der Waals surface area contributed by atoms with Gasteiger partial charge >= 0.3 is 6.18 Å². The molecule has 2 heterocycles. The van der Waals surface area contributed by atoms with Gasteiger partial charge in [-0.2, -0.15) is 13.2 Å². The van der Waals surface area contributed by atoms with E-state index in [1.165, 1.54) is 31.5 Å². The van der Waals surface area contributed by atoms with E-state index in [1.54, 1.807) is 41.3 Å². The highest BCUT2D eigenvalue weighted by molar-refractivity contribution is 6.13. The Morgan fingerprint density at radius 1 is 1.05 bits per heavy atom. The maximum Gasteiger partial charge on any atom is 0.418 e. The number of ether oxygens (including phenoxy) is 1. The number of alkyl halides is 3. The molecule has 1 aliphatic heterocycles.